The van der Waals surface area contributed by atoms with Crippen LogP contribution < -0.4 is 0 Å². The van der Waals surface area contributed by atoms with Gasteiger partial charge in [-0.05, 0) is 37.6 Å². The smallest absolute Gasteiger partial charge is 0.352 e. The summed E-state index contributed by atoms with van der Waals surface area (Å²) in [5, 5.41) is 18.9. The summed E-state index contributed by atoms with van der Waals surface area (Å²) in [6.45, 7) is 4.28. The lowest BCUT2D eigenvalue weighted by Gasteiger charge is -2.03. The molecule has 4 nitrogen and oxygen atoms in total. The van der Waals surface area contributed by atoms with Crippen LogP contribution >= 0.6 is 0 Å². The average Bonchev–Trinajstić information content (AvgIpc) is 2.61. The summed E-state index contributed by atoms with van der Waals surface area (Å²) >= 11 is 0. The Balaban J connectivity index is 2.89. The number of aromatic carboxylic acids is 1. The third kappa shape index (κ3) is 1.56. The van der Waals surface area contributed by atoms with Gasteiger partial charge >= 0.3 is 5.97 Å². The first-order valence-corrected chi connectivity index (χ1v) is 5.36. The Morgan fingerprint density at radius 2 is 2.24 bits per heavy atom. The number of nitriles is 1. The Hall–Kier alpha value is -2.28. The van der Waals surface area contributed by atoms with E-state index in [0.29, 0.717) is 23.4 Å². The fraction of sp³-hybridized carbons (Fsp3) is 0.231. The van der Waals surface area contributed by atoms with Crippen LogP contribution in [0.25, 0.3) is 10.9 Å². The standard InChI is InChI=1S/C13H12N2O2/c1-3-15-11-5-4-9(7-14)6-10(11)8(2)12(15)13(16)17/h4-6H,3H2,1-2H3,(H,16,17). The highest BCUT2D eigenvalue weighted by Crippen LogP contribution is 2.26. The van der Waals surface area contributed by atoms with Crippen molar-refractivity contribution < 1.29 is 9.90 Å². The Morgan fingerprint density at radius 3 is 2.76 bits per heavy atom. The Kier molecular flexibility index (Phi) is 2.60. The molecule has 0 saturated carbocycles. The van der Waals surface area contributed by atoms with Crippen LogP contribution in [-0.2, 0) is 6.54 Å². The third-order valence-electron chi connectivity index (χ3n) is 2.96. The van der Waals surface area contributed by atoms with E-state index in [1.165, 1.54) is 0 Å². The number of fused-ring (bicyclic) bond motifs is 1. The normalized spacial score (nSPS) is 10.4. The van der Waals surface area contributed by atoms with Crippen LogP contribution in [0.4, 0.5) is 0 Å². The Bertz CT molecular complexity index is 647. The predicted octanol–water partition coefficient (Wildman–Crippen LogP) is 2.54. The van der Waals surface area contributed by atoms with Crippen LogP contribution in [0.3, 0.4) is 0 Å². The van der Waals surface area contributed by atoms with E-state index in [-0.39, 0.29) is 0 Å². The molecular weight excluding hydrogens is 216 g/mol. The van der Waals surface area contributed by atoms with Crippen LogP contribution in [0.1, 0.15) is 28.5 Å². The highest BCUT2D eigenvalue weighted by Gasteiger charge is 2.18. The zero-order valence-corrected chi connectivity index (χ0v) is 9.69. The minimum atomic E-state index is -0.931. The molecule has 2 aromatic rings. The van der Waals surface area contributed by atoms with Crippen molar-refractivity contribution in [1.82, 2.24) is 4.57 Å². The molecule has 0 aliphatic carbocycles. The monoisotopic (exact) mass is 228 g/mol. The summed E-state index contributed by atoms with van der Waals surface area (Å²) in [5.74, 6) is -0.931. The highest BCUT2D eigenvalue weighted by molar-refractivity contribution is 5.98. The van der Waals surface area contributed by atoms with Gasteiger partial charge < -0.3 is 9.67 Å². The van der Waals surface area contributed by atoms with Crippen molar-refractivity contribution in [3.63, 3.8) is 0 Å². The third-order valence-corrected chi connectivity index (χ3v) is 2.96. The molecule has 0 atom stereocenters. The quantitative estimate of drug-likeness (QED) is 0.858. The van der Waals surface area contributed by atoms with Gasteiger partial charge in [-0.3, -0.25) is 0 Å². The van der Waals surface area contributed by atoms with Gasteiger partial charge in [0, 0.05) is 17.4 Å². The first-order chi connectivity index (χ1) is 8.10. The van der Waals surface area contributed by atoms with Gasteiger partial charge in [-0.25, -0.2) is 4.79 Å². The van der Waals surface area contributed by atoms with Gasteiger partial charge in [0.25, 0.3) is 0 Å². The van der Waals surface area contributed by atoms with Gasteiger partial charge in [0.05, 0.1) is 11.6 Å². The first-order valence-electron chi connectivity index (χ1n) is 5.36. The molecule has 86 valence electrons. The van der Waals surface area contributed by atoms with E-state index in [0.717, 1.165) is 10.9 Å². The molecule has 0 aliphatic heterocycles. The topological polar surface area (TPSA) is 66.0 Å². The molecular formula is C13H12N2O2. The number of hydrogen-bond acceptors (Lipinski definition) is 2. The summed E-state index contributed by atoms with van der Waals surface area (Å²) in [4.78, 5) is 11.2. The lowest BCUT2D eigenvalue weighted by Crippen LogP contribution is -2.08. The molecule has 1 aromatic carbocycles. The maximum atomic E-state index is 11.2. The fourth-order valence-electron chi connectivity index (χ4n) is 2.20. The molecule has 1 heterocycles. The zero-order valence-electron chi connectivity index (χ0n) is 9.69. The minimum absolute atomic E-state index is 0.303. The van der Waals surface area contributed by atoms with Gasteiger partial charge in [0.1, 0.15) is 5.69 Å². The highest BCUT2D eigenvalue weighted by atomic mass is 16.4. The van der Waals surface area contributed by atoms with Crippen molar-refractivity contribution >= 4 is 16.9 Å². The fourth-order valence-corrected chi connectivity index (χ4v) is 2.20. The summed E-state index contributed by atoms with van der Waals surface area (Å²) < 4.78 is 1.76. The molecule has 0 amide bonds. The molecule has 0 bridgehead atoms. The van der Waals surface area contributed by atoms with Crippen LogP contribution in [0.15, 0.2) is 18.2 Å². The largest absolute Gasteiger partial charge is 0.477 e. The van der Waals surface area contributed by atoms with Crippen LogP contribution in [0.2, 0.25) is 0 Å². The number of rotatable bonds is 2. The Labute approximate surface area is 98.7 Å². The molecule has 0 saturated heterocycles. The van der Waals surface area contributed by atoms with Crippen LogP contribution in [0, 0.1) is 18.3 Å². The molecule has 0 unspecified atom stereocenters. The zero-order chi connectivity index (χ0) is 12.6. The van der Waals surface area contributed by atoms with Crippen molar-refractivity contribution in [1.29, 1.82) is 5.26 Å². The van der Waals surface area contributed by atoms with Gasteiger partial charge in [-0.2, -0.15) is 5.26 Å². The molecule has 1 N–H and O–H groups in total. The van der Waals surface area contributed by atoms with Crippen molar-refractivity contribution in [2.24, 2.45) is 0 Å². The minimum Gasteiger partial charge on any atom is -0.477 e. The van der Waals surface area contributed by atoms with E-state index < -0.39 is 5.97 Å². The lowest BCUT2D eigenvalue weighted by molar-refractivity contribution is 0.0685. The van der Waals surface area contributed by atoms with E-state index >= 15 is 0 Å². The van der Waals surface area contributed by atoms with Crippen molar-refractivity contribution in [2.75, 3.05) is 0 Å². The number of carboxylic acid groups (broad SMARTS) is 1. The number of aromatic nitrogens is 1. The summed E-state index contributed by atoms with van der Waals surface area (Å²) in [6.07, 6.45) is 0. The van der Waals surface area contributed by atoms with E-state index in [1.807, 2.05) is 6.92 Å². The SMILES string of the molecule is CCn1c(C(=O)O)c(C)c2cc(C#N)ccc21. The van der Waals surface area contributed by atoms with E-state index in [1.54, 1.807) is 29.7 Å². The van der Waals surface area contributed by atoms with E-state index in [4.69, 9.17) is 5.26 Å². The average molecular weight is 228 g/mol. The van der Waals surface area contributed by atoms with Gasteiger partial charge in [0.2, 0.25) is 0 Å². The van der Waals surface area contributed by atoms with Gasteiger partial charge in [0.15, 0.2) is 0 Å². The number of benzene rings is 1. The first kappa shape index (κ1) is 11.2. The number of aryl methyl sites for hydroxylation is 2. The number of nitrogens with zero attached hydrogens (tertiary/aromatic N) is 2. The van der Waals surface area contributed by atoms with Crippen LogP contribution in [0.5, 0.6) is 0 Å². The summed E-state index contributed by atoms with van der Waals surface area (Å²) in [6, 6.07) is 7.32. The number of carbonyl (C=O) groups is 1. The predicted molar refractivity (Wildman–Crippen MR) is 64.0 cm³/mol. The second-order valence-electron chi connectivity index (χ2n) is 3.87. The maximum Gasteiger partial charge on any atom is 0.352 e. The summed E-state index contributed by atoms with van der Waals surface area (Å²) in [7, 11) is 0. The number of hydrogen-bond donors (Lipinski definition) is 1. The lowest BCUT2D eigenvalue weighted by atomic mass is 10.1. The second-order valence-corrected chi connectivity index (χ2v) is 3.87. The molecule has 2 rings (SSSR count). The Morgan fingerprint density at radius 1 is 1.53 bits per heavy atom. The molecule has 1 aromatic heterocycles. The van der Waals surface area contributed by atoms with Gasteiger partial charge in [-0.15, -0.1) is 0 Å². The molecule has 17 heavy (non-hydrogen) atoms. The number of carboxylic acids is 1. The second kappa shape index (κ2) is 3.95. The van der Waals surface area contributed by atoms with Gasteiger partial charge in [-0.1, -0.05) is 0 Å². The van der Waals surface area contributed by atoms with Crippen molar-refractivity contribution in [3.05, 3.63) is 35.0 Å². The van der Waals surface area contributed by atoms with Crippen molar-refractivity contribution in [2.45, 2.75) is 20.4 Å². The molecule has 0 fully saturated rings. The molecule has 4 heteroatoms. The van der Waals surface area contributed by atoms with Crippen LogP contribution in [-0.4, -0.2) is 15.6 Å². The molecule has 0 radical (unpaired) electrons. The maximum absolute atomic E-state index is 11.2. The van der Waals surface area contributed by atoms with Crippen molar-refractivity contribution in [3.8, 4) is 6.07 Å². The summed E-state index contributed by atoms with van der Waals surface area (Å²) in [5.41, 5.74) is 2.43. The van der Waals surface area contributed by atoms with E-state index in [2.05, 4.69) is 6.07 Å². The molecule has 0 aliphatic rings. The molecule has 0 spiro atoms. The van der Waals surface area contributed by atoms with E-state index in [9.17, 15) is 9.90 Å².